The van der Waals surface area contributed by atoms with Crippen LogP contribution in [0.15, 0.2) is 0 Å². The molecule has 0 bridgehead atoms. The molecule has 0 radical (unpaired) electrons. The average molecular weight is 266 g/mol. The number of ether oxygens (including phenoxy) is 1. The van der Waals surface area contributed by atoms with Crippen LogP contribution in [0.3, 0.4) is 0 Å². The Morgan fingerprint density at radius 3 is 2.72 bits per heavy atom. The van der Waals surface area contributed by atoms with Crippen LogP contribution in [0.2, 0.25) is 0 Å². The molecule has 2 atom stereocenters. The maximum Gasteiger partial charge on any atom is 0.113 e. The highest BCUT2D eigenvalue weighted by molar-refractivity contribution is 7.11. The first-order chi connectivity index (χ1) is 8.59. The summed E-state index contributed by atoms with van der Waals surface area (Å²) in [4.78, 5) is 6.17. The molecule has 1 aliphatic heterocycles. The Kier molecular flexibility index (Phi) is 3.20. The first-order valence-corrected chi connectivity index (χ1v) is 7.74. The van der Waals surface area contributed by atoms with Crippen molar-refractivity contribution in [2.24, 2.45) is 0 Å². The van der Waals surface area contributed by atoms with Gasteiger partial charge in [0, 0.05) is 17.5 Å². The van der Waals surface area contributed by atoms with Gasteiger partial charge in [0.1, 0.15) is 5.01 Å². The van der Waals surface area contributed by atoms with Crippen LogP contribution in [0.5, 0.6) is 0 Å². The summed E-state index contributed by atoms with van der Waals surface area (Å²) in [5.41, 5.74) is 1.26. The SMILES string of the molecule is Cc1nc(C2(NC3CC3)CCOC(C)C2)sc1C. The quantitative estimate of drug-likeness (QED) is 0.913. The Morgan fingerprint density at radius 1 is 1.39 bits per heavy atom. The molecule has 3 nitrogen and oxygen atoms in total. The molecule has 4 heteroatoms. The van der Waals surface area contributed by atoms with Gasteiger partial charge in [-0.05, 0) is 46.5 Å². The predicted molar refractivity (Wildman–Crippen MR) is 74.1 cm³/mol. The number of aryl methyl sites for hydroxylation is 2. The van der Waals surface area contributed by atoms with Crippen molar-refractivity contribution in [1.29, 1.82) is 0 Å². The molecule has 0 amide bonds. The molecule has 3 rings (SSSR count). The third-order valence-corrected chi connectivity index (χ3v) is 5.34. The second-order valence-electron chi connectivity index (χ2n) is 5.80. The summed E-state index contributed by atoms with van der Waals surface area (Å²) in [5.74, 6) is 0. The number of thiazole rings is 1. The topological polar surface area (TPSA) is 34.2 Å². The van der Waals surface area contributed by atoms with E-state index in [1.165, 1.54) is 28.4 Å². The van der Waals surface area contributed by atoms with Crippen LogP contribution in [0, 0.1) is 13.8 Å². The summed E-state index contributed by atoms with van der Waals surface area (Å²) in [5, 5.41) is 5.14. The summed E-state index contributed by atoms with van der Waals surface area (Å²) in [6.45, 7) is 7.31. The molecule has 2 fully saturated rings. The van der Waals surface area contributed by atoms with E-state index in [2.05, 4.69) is 26.1 Å². The van der Waals surface area contributed by atoms with Gasteiger partial charge in [-0.2, -0.15) is 0 Å². The highest BCUT2D eigenvalue weighted by Crippen LogP contribution is 2.40. The van der Waals surface area contributed by atoms with E-state index in [0.717, 1.165) is 19.4 Å². The number of nitrogens with zero attached hydrogens (tertiary/aromatic N) is 1. The molecule has 1 aromatic heterocycles. The van der Waals surface area contributed by atoms with Crippen LogP contribution < -0.4 is 5.32 Å². The molecule has 0 aromatic carbocycles. The zero-order valence-corrected chi connectivity index (χ0v) is 12.3. The van der Waals surface area contributed by atoms with E-state index >= 15 is 0 Å². The largest absolute Gasteiger partial charge is 0.378 e. The molecular formula is C14H22N2OS. The standard InChI is InChI=1S/C14H22N2OS/c1-9-8-14(6-7-17-9,16-12-4-5-12)13-15-10(2)11(3)18-13/h9,12,16H,4-8H2,1-3H3. The van der Waals surface area contributed by atoms with Gasteiger partial charge < -0.3 is 10.1 Å². The molecule has 1 aliphatic carbocycles. The zero-order chi connectivity index (χ0) is 12.8. The monoisotopic (exact) mass is 266 g/mol. The van der Waals surface area contributed by atoms with Crippen molar-refractivity contribution in [3.05, 3.63) is 15.6 Å². The van der Waals surface area contributed by atoms with E-state index in [4.69, 9.17) is 9.72 Å². The van der Waals surface area contributed by atoms with Crippen LogP contribution in [0.1, 0.15) is 48.2 Å². The Morgan fingerprint density at radius 2 is 2.17 bits per heavy atom. The molecule has 1 N–H and O–H groups in total. The van der Waals surface area contributed by atoms with Gasteiger partial charge in [0.15, 0.2) is 0 Å². The van der Waals surface area contributed by atoms with Gasteiger partial charge in [0.05, 0.1) is 17.3 Å². The molecule has 1 saturated heterocycles. The maximum atomic E-state index is 5.73. The highest BCUT2D eigenvalue weighted by atomic mass is 32.1. The van der Waals surface area contributed by atoms with Crippen molar-refractivity contribution in [3.63, 3.8) is 0 Å². The van der Waals surface area contributed by atoms with Gasteiger partial charge in [-0.1, -0.05) is 0 Å². The zero-order valence-electron chi connectivity index (χ0n) is 11.5. The Bertz CT molecular complexity index is 418. The van der Waals surface area contributed by atoms with E-state index in [0.29, 0.717) is 12.1 Å². The third kappa shape index (κ3) is 2.33. The van der Waals surface area contributed by atoms with Gasteiger partial charge in [0.2, 0.25) is 0 Å². The fourth-order valence-electron chi connectivity index (χ4n) is 2.77. The molecule has 2 aliphatic rings. The van der Waals surface area contributed by atoms with Crippen molar-refractivity contribution < 1.29 is 4.74 Å². The van der Waals surface area contributed by atoms with Crippen LogP contribution in [-0.4, -0.2) is 23.7 Å². The smallest absolute Gasteiger partial charge is 0.113 e. The van der Waals surface area contributed by atoms with Crippen molar-refractivity contribution in [1.82, 2.24) is 10.3 Å². The van der Waals surface area contributed by atoms with Gasteiger partial charge in [-0.3, -0.25) is 0 Å². The number of hydrogen-bond donors (Lipinski definition) is 1. The lowest BCUT2D eigenvalue weighted by Gasteiger charge is -2.39. The first-order valence-electron chi connectivity index (χ1n) is 6.93. The molecule has 0 spiro atoms. The Balaban J connectivity index is 1.92. The van der Waals surface area contributed by atoms with E-state index < -0.39 is 0 Å². The predicted octanol–water partition coefficient (Wildman–Crippen LogP) is 2.91. The number of aromatic nitrogens is 1. The summed E-state index contributed by atoms with van der Waals surface area (Å²) in [6.07, 6.45) is 5.08. The van der Waals surface area contributed by atoms with E-state index in [1.54, 1.807) is 0 Å². The van der Waals surface area contributed by atoms with Crippen molar-refractivity contribution >= 4 is 11.3 Å². The van der Waals surface area contributed by atoms with E-state index in [1.807, 2.05) is 11.3 Å². The number of nitrogens with one attached hydrogen (secondary N) is 1. The lowest BCUT2D eigenvalue weighted by Crippen LogP contribution is -2.49. The lowest BCUT2D eigenvalue weighted by atomic mass is 9.87. The van der Waals surface area contributed by atoms with Crippen LogP contribution >= 0.6 is 11.3 Å². The molecule has 18 heavy (non-hydrogen) atoms. The first kappa shape index (κ1) is 12.6. The fraction of sp³-hybridized carbons (Fsp3) is 0.786. The van der Waals surface area contributed by atoms with E-state index in [-0.39, 0.29) is 5.54 Å². The molecule has 2 unspecified atom stereocenters. The van der Waals surface area contributed by atoms with Crippen molar-refractivity contribution in [3.8, 4) is 0 Å². The summed E-state index contributed by atoms with van der Waals surface area (Å²) < 4.78 is 5.73. The summed E-state index contributed by atoms with van der Waals surface area (Å²) >= 11 is 1.86. The second kappa shape index (κ2) is 4.58. The van der Waals surface area contributed by atoms with Crippen molar-refractivity contribution in [2.75, 3.05) is 6.61 Å². The second-order valence-corrected chi connectivity index (χ2v) is 7.00. The maximum absolute atomic E-state index is 5.73. The minimum Gasteiger partial charge on any atom is -0.378 e. The van der Waals surface area contributed by atoms with Crippen molar-refractivity contribution in [2.45, 2.75) is 64.1 Å². The molecule has 2 heterocycles. The molecular weight excluding hydrogens is 244 g/mol. The normalized spacial score (nSPS) is 32.7. The van der Waals surface area contributed by atoms with Gasteiger partial charge in [-0.15, -0.1) is 11.3 Å². The summed E-state index contributed by atoms with van der Waals surface area (Å²) in [7, 11) is 0. The minimum atomic E-state index is 0.0719. The Hall–Kier alpha value is -0.450. The highest BCUT2D eigenvalue weighted by Gasteiger charge is 2.43. The minimum absolute atomic E-state index is 0.0719. The van der Waals surface area contributed by atoms with Crippen LogP contribution in [0.25, 0.3) is 0 Å². The molecule has 1 aromatic rings. The average Bonchev–Trinajstić information content (AvgIpc) is 3.05. The van der Waals surface area contributed by atoms with E-state index in [9.17, 15) is 0 Å². The van der Waals surface area contributed by atoms with Crippen LogP contribution in [-0.2, 0) is 10.3 Å². The number of rotatable bonds is 3. The van der Waals surface area contributed by atoms with Gasteiger partial charge in [-0.25, -0.2) is 4.98 Å². The Labute approximate surface area is 113 Å². The van der Waals surface area contributed by atoms with Gasteiger partial charge >= 0.3 is 0 Å². The molecule has 1 saturated carbocycles. The lowest BCUT2D eigenvalue weighted by molar-refractivity contribution is -0.0214. The number of hydrogen-bond acceptors (Lipinski definition) is 4. The van der Waals surface area contributed by atoms with Gasteiger partial charge in [0.25, 0.3) is 0 Å². The van der Waals surface area contributed by atoms with Crippen LogP contribution in [0.4, 0.5) is 0 Å². The summed E-state index contributed by atoms with van der Waals surface area (Å²) in [6, 6.07) is 0.708. The fourth-order valence-corrected chi connectivity index (χ4v) is 3.87. The third-order valence-electron chi connectivity index (χ3n) is 4.06. The molecule has 100 valence electrons.